The lowest BCUT2D eigenvalue weighted by molar-refractivity contribution is 0.0274. The summed E-state index contributed by atoms with van der Waals surface area (Å²) in [6.45, 7) is 9.86. The van der Waals surface area contributed by atoms with Crippen molar-refractivity contribution in [3.05, 3.63) is 41.7 Å². The van der Waals surface area contributed by atoms with Crippen LogP contribution in [-0.4, -0.2) is 58.4 Å². The maximum atomic E-state index is 12.3. The van der Waals surface area contributed by atoms with Gasteiger partial charge in [0.2, 0.25) is 0 Å². The van der Waals surface area contributed by atoms with Crippen molar-refractivity contribution in [3.8, 4) is 0 Å². The first-order valence-electron chi connectivity index (χ1n) is 9.58. The Morgan fingerprint density at radius 3 is 2.52 bits per heavy atom. The summed E-state index contributed by atoms with van der Waals surface area (Å²) in [4.78, 5) is 28.1. The van der Waals surface area contributed by atoms with Gasteiger partial charge in [-0.2, -0.15) is 0 Å². The van der Waals surface area contributed by atoms with E-state index in [-0.39, 0.29) is 6.09 Å². The van der Waals surface area contributed by atoms with E-state index in [1.807, 2.05) is 56.1 Å². The van der Waals surface area contributed by atoms with Crippen LogP contribution in [0, 0.1) is 11.8 Å². The number of nitrogens with zero attached hydrogens (tertiary/aromatic N) is 3. The Balaban J connectivity index is 1.42. The fourth-order valence-electron chi connectivity index (χ4n) is 4.38. The highest BCUT2D eigenvalue weighted by molar-refractivity contribution is 5.80. The van der Waals surface area contributed by atoms with Gasteiger partial charge in [0.15, 0.2) is 6.29 Å². The number of rotatable bonds is 3. The normalized spacial score (nSPS) is 23.0. The van der Waals surface area contributed by atoms with Crippen molar-refractivity contribution >= 4 is 17.9 Å². The molecule has 6 heteroatoms. The summed E-state index contributed by atoms with van der Waals surface area (Å²) in [5.41, 5.74) is 2.39. The van der Waals surface area contributed by atoms with Crippen molar-refractivity contribution in [1.82, 2.24) is 14.2 Å². The van der Waals surface area contributed by atoms with Gasteiger partial charge in [0.1, 0.15) is 5.60 Å². The number of hydrogen-bond acceptors (Lipinski definition) is 4. The minimum atomic E-state index is -0.456. The van der Waals surface area contributed by atoms with Crippen molar-refractivity contribution < 1.29 is 14.3 Å². The summed E-state index contributed by atoms with van der Waals surface area (Å²) < 4.78 is 7.61. The van der Waals surface area contributed by atoms with E-state index < -0.39 is 5.60 Å². The zero-order chi connectivity index (χ0) is 19.2. The van der Waals surface area contributed by atoms with Crippen LogP contribution in [-0.2, 0) is 11.3 Å². The molecule has 144 valence electrons. The molecule has 1 amide bonds. The number of carbonyl (C=O) groups is 2. The van der Waals surface area contributed by atoms with Crippen molar-refractivity contribution in [2.24, 2.45) is 11.8 Å². The lowest BCUT2D eigenvalue weighted by Gasteiger charge is -2.26. The highest BCUT2D eigenvalue weighted by Crippen LogP contribution is 2.33. The van der Waals surface area contributed by atoms with Gasteiger partial charge in [0, 0.05) is 55.7 Å². The third-order valence-electron chi connectivity index (χ3n) is 5.53. The van der Waals surface area contributed by atoms with Crippen LogP contribution in [0.4, 0.5) is 4.79 Å². The number of amides is 1. The van der Waals surface area contributed by atoms with Gasteiger partial charge in [-0.25, -0.2) is 4.79 Å². The average Bonchev–Trinajstić information content (AvgIpc) is 3.25. The first-order chi connectivity index (χ1) is 12.8. The van der Waals surface area contributed by atoms with Crippen molar-refractivity contribution in [1.29, 1.82) is 0 Å². The molecule has 2 aromatic rings. The van der Waals surface area contributed by atoms with Gasteiger partial charge in [0.25, 0.3) is 0 Å². The molecule has 0 aromatic carbocycles. The predicted molar refractivity (Wildman–Crippen MR) is 103 cm³/mol. The number of aromatic nitrogens is 1. The van der Waals surface area contributed by atoms with Crippen LogP contribution in [0.2, 0.25) is 0 Å². The quantitative estimate of drug-likeness (QED) is 0.781. The number of ether oxygens (including phenoxy) is 1. The largest absolute Gasteiger partial charge is 0.444 e. The summed E-state index contributed by atoms with van der Waals surface area (Å²) in [7, 11) is 0. The number of hydrogen-bond donors (Lipinski definition) is 0. The third-order valence-corrected chi connectivity index (χ3v) is 5.53. The maximum Gasteiger partial charge on any atom is 0.410 e. The van der Waals surface area contributed by atoms with E-state index in [0.717, 1.165) is 55.8 Å². The van der Waals surface area contributed by atoms with Crippen LogP contribution in [0.3, 0.4) is 0 Å². The summed E-state index contributed by atoms with van der Waals surface area (Å²) in [5.74, 6) is 0.951. The number of aldehydes is 1. The molecule has 4 heterocycles. The molecule has 0 saturated carbocycles. The van der Waals surface area contributed by atoms with Crippen molar-refractivity contribution in [2.75, 3.05) is 26.2 Å². The molecule has 27 heavy (non-hydrogen) atoms. The third kappa shape index (κ3) is 3.58. The lowest BCUT2D eigenvalue weighted by Crippen LogP contribution is -2.37. The second-order valence-electron chi connectivity index (χ2n) is 8.76. The fourth-order valence-corrected chi connectivity index (χ4v) is 4.38. The van der Waals surface area contributed by atoms with E-state index in [2.05, 4.69) is 9.30 Å². The highest BCUT2D eigenvalue weighted by Gasteiger charge is 2.42. The molecule has 2 aliphatic rings. The Kier molecular flexibility index (Phi) is 4.46. The molecule has 2 fully saturated rings. The number of fused-ring (bicyclic) bond motifs is 2. The Bertz CT molecular complexity index is 853. The second kappa shape index (κ2) is 6.68. The summed E-state index contributed by atoms with van der Waals surface area (Å²) >= 11 is 0. The molecule has 2 atom stereocenters. The molecule has 0 unspecified atom stereocenters. The van der Waals surface area contributed by atoms with Gasteiger partial charge >= 0.3 is 6.09 Å². The smallest absolute Gasteiger partial charge is 0.410 e. The number of carbonyl (C=O) groups excluding carboxylic acids is 2. The molecule has 2 aliphatic heterocycles. The van der Waals surface area contributed by atoms with Gasteiger partial charge in [-0.15, -0.1) is 0 Å². The van der Waals surface area contributed by atoms with E-state index >= 15 is 0 Å². The Labute approximate surface area is 159 Å². The van der Waals surface area contributed by atoms with Gasteiger partial charge < -0.3 is 14.0 Å². The van der Waals surface area contributed by atoms with Crippen molar-refractivity contribution in [2.45, 2.75) is 32.9 Å². The van der Waals surface area contributed by atoms with Crippen LogP contribution in [0.1, 0.15) is 36.8 Å². The molecule has 2 saturated heterocycles. The fraction of sp³-hybridized carbons (Fsp3) is 0.524. The summed E-state index contributed by atoms with van der Waals surface area (Å²) in [6, 6.07) is 7.94. The lowest BCUT2D eigenvalue weighted by atomic mass is 10.0. The standard InChI is InChI=1S/C21H27N3O3/c1-21(2,3)27-20(26)23-11-16-9-22(10-17(16)12-23)13-19-15(14-25)8-18-6-4-5-7-24(18)19/h4-8,14,16-17H,9-13H2,1-3H3/t16-,17+. The molecule has 6 nitrogen and oxygen atoms in total. The molecular weight excluding hydrogens is 342 g/mol. The second-order valence-corrected chi connectivity index (χ2v) is 8.76. The van der Waals surface area contributed by atoms with Crippen LogP contribution >= 0.6 is 0 Å². The van der Waals surface area contributed by atoms with E-state index in [4.69, 9.17) is 4.74 Å². The Morgan fingerprint density at radius 2 is 1.89 bits per heavy atom. The van der Waals surface area contributed by atoms with Gasteiger partial charge in [-0.3, -0.25) is 9.69 Å². The monoisotopic (exact) mass is 369 g/mol. The maximum absolute atomic E-state index is 12.3. The molecular formula is C21H27N3O3. The van der Waals surface area contributed by atoms with E-state index in [1.165, 1.54) is 0 Å². The van der Waals surface area contributed by atoms with Gasteiger partial charge in [0.05, 0.1) is 0 Å². The van der Waals surface area contributed by atoms with Gasteiger partial charge in [-0.1, -0.05) is 6.07 Å². The molecule has 2 aromatic heterocycles. The first kappa shape index (κ1) is 18.0. The topological polar surface area (TPSA) is 54.3 Å². The number of likely N-dealkylation sites (tertiary alicyclic amines) is 2. The summed E-state index contributed by atoms with van der Waals surface area (Å²) in [5, 5.41) is 0. The SMILES string of the molecule is CC(C)(C)OC(=O)N1C[C@H]2CN(Cc3c(C=O)cc4ccccn34)C[C@H]2C1. The number of pyridine rings is 1. The minimum absolute atomic E-state index is 0.204. The van der Waals surface area contributed by atoms with Gasteiger partial charge in [-0.05, 0) is 50.8 Å². The summed E-state index contributed by atoms with van der Waals surface area (Å²) in [6.07, 6.45) is 2.76. The van der Waals surface area contributed by atoms with Crippen LogP contribution in [0.25, 0.3) is 5.52 Å². The molecule has 0 spiro atoms. The molecule has 0 aliphatic carbocycles. The highest BCUT2D eigenvalue weighted by atomic mass is 16.6. The first-order valence-corrected chi connectivity index (χ1v) is 9.58. The zero-order valence-electron chi connectivity index (χ0n) is 16.2. The van der Waals surface area contributed by atoms with E-state index in [9.17, 15) is 9.59 Å². The van der Waals surface area contributed by atoms with Crippen LogP contribution in [0.5, 0.6) is 0 Å². The minimum Gasteiger partial charge on any atom is -0.444 e. The van der Waals surface area contributed by atoms with E-state index in [0.29, 0.717) is 11.8 Å². The predicted octanol–water partition coefficient (Wildman–Crippen LogP) is 3.05. The average molecular weight is 369 g/mol. The molecule has 0 radical (unpaired) electrons. The Hall–Kier alpha value is -2.34. The zero-order valence-corrected chi connectivity index (χ0v) is 16.2. The van der Waals surface area contributed by atoms with Crippen LogP contribution in [0.15, 0.2) is 30.5 Å². The Morgan fingerprint density at radius 1 is 1.19 bits per heavy atom. The van der Waals surface area contributed by atoms with E-state index in [1.54, 1.807) is 0 Å². The molecule has 0 bridgehead atoms. The van der Waals surface area contributed by atoms with Crippen molar-refractivity contribution in [3.63, 3.8) is 0 Å². The molecule has 4 rings (SSSR count). The van der Waals surface area contributed by atoms with Crippen LogP contribution < -0.4 is 0 Å². The molecule has 0 N–H and O–H groups in total.